The summed E-state index contributed by atoms with van der Waals surface area (Å²) in [7, 11) is 0. The van der Waals surface area contributed by atoms with Crippen LogP contribution in [0.5, 0.6) is 0 Å². The molecule has 0 aliphatic carbocycles. The van der Waals surface area contributed by atoms with Crippen LogP contribution >= 0.6 is 11.3 Å². The Morgan fingerprint density at radius 3 is 2.65 bits per heavy atom. The summed E-state index contributed by atoms with van der Waals surface area (Å²) in [4.78, 5) is 3.31. The van der Waals surface area contributed by atoms with E-state index in [0.29, 0.717) is 0 Å². The second-order valence-electron chi connectivity index (χ2n) is 5.83. The number of likely N-dealkylation sites (tertiary alicyclic amines) is 1. The van der Waals surface area contributed by atoms with Crippen molar-refractivity contribution in [1.29, 1.82) is 0 Å². The first-order chi connectivity index (χ1) is 11.4. The largest absolute Gasteiger partial charge is 0.296 e. The van der Waals surface area contributed by atoms with Crippen molar-refractivity contribution >= 4 is 28.4 Å². The summed E-state index contributed by atoms with van der Waals surface area (Å²) < 4.78 is 1.89. The van der Waals surface area contributed by atoms with Gasteiger partial charge in [0, 0.05) is 0 Å². The fourth-order valence-electron chi connectivity index (χ4n) is 2.89. The van der Waals surface area contributed by atoms with Crippen molar-refractivity contribution < 1.29 is 0 Å². The van der Waals surface area contributed by atoms with Gasteiger partial charge in [-0.2, -0.15) is 9.61 Å². The van der Waals surface area contributed by atoms with Gasteiger partial charge in [-0.3, -0.25) is 4.90 Å². The molecule has 5 nitrogen and oxygen atoms in total. The summed E-state index contributed by atoms with van der Waals surface area (Å²) in [5, 5.41) is 14.2. The Kier molecular flexibility index (Phi) is 4.17. The standard InChI is InChI=1S/C17H19N5S/c1-3-7-14(8-4-1)9-10-16-20-22-15(18-19-17(22)23-16)13-21-11-5-2-6-12-21/h1,3-4,7-10H,2,5-6,11-13H2. The van der Waals surface area contributed by atoms with Crippen molar-refractivity contribution in [3.8, 4) is 0 Å². The number of piperidine rings is 1. The van der Waals surface area contributed by atoms with Gasteiger partial charge < -0.3 is 0 Å². The number of aromatic nitrogens is 4. The summed E-state index contributed by atoms with van der Waals surface area (Å²) in [6.07, 6.45) is 8.03. The van der Waals surface area contributed by atoms with Crippen LogP contribution in [-0.2, 0) is 6.54 Å². The zero-order valence-electron chi connectivity index (χ0n) is 12.9. The summed E-state index contributed by atoms with van der Waals surface area (Å²) in [6, 6.07) is 10.3. The SMILES string of the molecule is C(=Cc1nn2c(CN3CCCCC3)nnc2s1)c1ccccc1. The predicted molar refractivity (Wildman–Crippen MR) is 93.2 cm³/mol. The van der Waals surface area contributed by atoms with E-state index in [2.05, 4.69) is 38.4 Å². The van der Waals surface area contributed by atoms with Gasteiger partial charge in [0.1, 0.15) is 5.01 Å². The van der Waals surface area contributed by atoms with Crippen molar-refractivity contribution in [1.82, 2.24) is 24.7 Å². The van der Waals surface area contributed by atoms with Gasteiger partial charge in [-0.25, -0.2) is 0 Å². The molecule has 1 aliphatic heterocycles. The molecule has 118 valence electrons. The molecule has 0 N–H and O–H groups in total. The van der Waals surface area contributed by atoms with Gasteiger partial charge >= 0.3 is 0 Å². The Hall–Kier alpha value is -2.05. The van der Waals surface area contributed by atoms with Gasteiger partial charge in [0.25, 0.3) is 0 Å². The van der Waals surface area contributed by atoms with Crippen LogP contribution in [-0.4, -0.2) is 37.8 Å². The molecule has 1 aromatic carbocycles. The second kappa shape index (κ2) is 6.60. The van der Waals surface area contributed by atoms with Gasteiger partial charge in [-0.15, -0.1) is 10.2 Å². The first kappa shape index (κ1) is 14.5. The molecule has 4 rings (SSSR count). The highest BCUT2D eigenvalue weighted by atomic mass is 32.1. The average molecular weight is 325 g/mol. The minimum absolute atomic E-state index is 0.840. The van der Waals surface area contributed by atoms with Crippen LogP contribution < -0.4 is 0 Å². The van der Waals surface area contributed by atoms with Crippen molar-refractivity contribution in [3.05, 3.63) is 46.7 Å². The molecule has 0 radical (unpaired) electrons. The molecule has 1 saturated heterocycles. The van der Waals surface area contributed by atoms with E-state index in [-0.39, 0.29) is 0 Å². The molecule has 2 aromatic heterocycles. The van der Waals surface area contributed by atoms with Crippen LogP contribution in [0.4, 0.5) is 0 Å². The monoisotopic (exact) mass is 325 g/mol. The Balaban J connectivity index is 1.53. The van der Waals surface area contributed by atoms with Crippen molar-refractivity contribution in [2.75, 3.05) is 13.1 Å². The molecule has 0 amide bonds. The van der Waals surface area contributed by atoms with Gasteiger partial charge in [0.2, 0.25) is 4.96 Å². The molecule has 1 aliphatic rings. The van der Waals surface area contributed by atoms with Crippen LogP contribution in [0.25, 0.3) is 17.1 Å². The lowest BCUT2D eigenvalue weighted by Gasteiger charge is -2.25. The molecule has 0 atom stereocenters. The second-order valence-corrected chi connectivity index (χ2v) is 6.82. The smallest absolute Gasteiger partial charge is 0.235 e. The maximum atomic E-state index is 4.65. The molecule has 6 heteroatoms. The van der Waals surface area contributed by atoms with Gasteiger partial charge in [-0.1, -0.05) is 54.2 Å². The molecule has 23 heavy (non-hydrogen) atoms. The molecule has 0 unspecified atom stereocenters. The molecule has 0 spiro atoms. The summed E-state index contributed by atoms with van der Waals surface area (Å²) in [5.41, 5.74) is 1.17. The van der Waals surface area contributed by atoms with Gasteiger partial charge in [0.15, 0.2) is 5.82 Å². The molecule has 0 saturated carbocycles. The highest BCUT2D eigenvalue weighted by Crippen LogP contribution is 2.18. The summed E-state index contributed by atoms with van der Waals surface area (Å²) in [6.45, 7) is 3.15. The maximum absolute atomic E-state index is 4.65. The maximum Gasteiger partial charge on any atom is 0.235 e. The van der Waals surface area contributed by atoms with Crippen LogP contribution in [0.15, 0.2) is 30.3 Å². The van der Waals surface area contributed by atoms with Gasteiger partial charge in [0.05, 0.1) is 6.54 Å². The Labute approximate surface area is 139 Å². The van der Waals surface area contributed by atoms with Crippen LogP contribution in [0.2, 0.25) is 0 Å². The van der Waals surface area contributed by atoms with E-state index in [9.17, 15) is 0 Å². The third kappa shape index (κ3) is 3.33. The molecular formula is C17H19N5S. The zero-order chi connectivity index (χ0) is 15.5. The normalized spacial score (nSPS) is 16.5. The van der Waals surface area contributed by atoms with Crippen LogP contribution in [0.1, 0.15) is 35.7 Å². The lowest BCUT2D eigenvalue weighted by molar-refractivity contribution is 0.214. The van der Waals surface area contributed by atoms with E-state index >= 15 is 0 Å². The third-order valence-corrected chi connectivity index (χ3v) is 4.97. The Morgan fingerprint density at radius 2 is 1.83 bits per heavy atom. The molecule has 0 bridgehead atoms. The van der Waals surface area contributed by atoms with Crippen LogP contribution in [0.3, 0.4) is 0 Å². The number of benzene rings is 1. The Morgan fingerprint density at radius 1 is 1.00 bits per heavy atom. The zero-order valence-corrected chi connectivity index (χ0v) is 13.7. The van der Waals surface area contributed by atoms with Crippen LogP contribution in [0, 0.1) is 0 Å². The fourth-order valence-corrected chi connectivity index (χ4v) is 3.65. The first-order valence-corrected chi connectivity index (χ1v) is 8.87. The number of nitrogens with zero attached hydrogens (tertiary/aromatic N) is 5. The van der Waals surface area contributed by atoms with E-state index in [1.807, 2.05) is 28.8 Å². The quantitative estimate of drug-likeness (QED) is 0.738. The minimum atomic E-state index is 0.840. The fraction of sp³-hybridized carbons (Fsp3) is 0.353. The molecular weight excluding hydrogens is 306 g/mol. The molecule has 3 heterocycles. The van der Waals surface area contributed by atoms with Gasteiger partial charge in [-0.05, 0) is 37.6 Å². The lowest BCUT2D eigenvalue weighted by atomic mass is 10.1. The molecule has 1 fully saturated rings. The van der Waals surface area contributed by atoms with E-state index in [1.54, 1.807) is 11.3 Å². The average Bonchev–Trinajstić information content (AvgIpc) is 3.17. The number of fused-ring (bicyclic) bond motifs is 1. The third-order valence-electron chi connectivity index (χ3n) is 4.10. The summed E-state index contributed by atoms with van der Waals surface area (Å²) in [5.74, 6) is 0.942. The van der Waals surface area contributed by atoms with E-state index < -0.39 is 0 Å². The predicted octanol–water partition coefficient (Wildman–Crippen LogP) is 3.34. The first-order valence-electron chi connectivity index (χ1n) is 8.05. The molecule has 3 aromatic rings. The van der Waals surface area contributed by atoms with Crippen molar-refractivity contribution in [2.24, 2.45) is 0 Å². The van der Waals surface area contributed by atoms with Crippen molar-refractivity contribution in [3.63, 3.8) is 0 Å². The highest BCUT2D eigenvalue weighted by Gasteiger charge is 2.16. The Bertz CT molecular complexity index is 799. The number of hydrogen-bond acceptors (Lipinski definition) is 5. The van der Waals surface area contributed by atoms with E-state index in [4.69, 9.17) is 0 Å². The number of rotatable bonds is 4. The number of hydrogen-bond donors (Lipinski definition) is 0. The minimum Gasteiger partial charge on any atom is -0.296 e. The van der Waals surface area contributed by atoms with E-state index in [1.165, 1.54) is 24.8 Å². The summed E-state index contributed by atoms with van der Waals surface area (Å²) >= 11 is 1.57. The highest BCUT2D eigenvalue weighted by molar-refractivity contribution is 7.17. The topological polar surface area (TPSA) is 46.3 Å². The van der Waals surface area contributed by atoms with Crippen molar-refractivity contribution in [2.45, 2.75) is 25.8 Å². The van der Waals surface area contributed by atoms with E-state index in [0.717, 1.165) is 35.4 Å². The lowest BCUT2D eigenvalue weighted by Crippen LogP contribution is -2.30.